The average Bonchev–Trinajstić information content (AvgIpc) is 2.91. The van der Waals surface area contributed by atoms with Crippen molar-refractivity contribution in [3.8, 4) is 0 Å². The summed E-state index contributed by atoms with van der Waals surface area (Å²) in [5.41, 5.74) is 2.65. The van der Waals surface area contributed by atoms with Gasteiger partial charge in [0, 0.05) is 24.1 Å². The predicted octanol–water partition coefficient (Wildman–Crippen LogP) is 1.94. The van der Waals surface area contributed by atoms with Crippen LogP contribution in [0.3, 0.4) is 0 Å². The Bertz CT molecular complexity index is 469. The lowest BCUT2D eigenvalue weighted by Crippen LogP contribution is -2.40. The number of nitrogens with zero attached hydrogens (tertiary/aromatic N) is 1. The van der Waals surface area contributed by atoms with Crippen molar-refractivity contribution in [2.75, 3.05) is 19.6 Å². The highest BCUT2D eigenvalue weighted by molar-refractivity contribution is 9.10. The summed E-state index contributed by atoms with van der Waals surface area (Å²) in [5.74, 6) is 0.518. The van der Waals surface area contributed by atoms with Crippen LogP contribution in [0.2, 0.25) is 0 Å². The van der Waals surface area contributed by atoms with Gasteiger partial charge in [-0.1, -0.05) is 28.1 Å². The Hall–Kier alpha value is -0.870. The number of carbonyl (C=O) groups excluding carboxylic acids is 1. The molecule has 1 fully saturated rings. The highest BCUT2D eigenvalue weighted by atomic mass is 79.9. The Morgan fingerprint density at radius 2 is 2.33 bits per heavy atom. The van der Waals surface area contributed by atoms with Crippen LogP contribution in [0.15, 0.2) is 22.7 Å². The van der Waals surface area contributed by atoms with Gasteiger partial charge in [0.1, 0.15) is 0 Å². The van der Waals surface area contributed by atoms with Gasteiger partial charge in [0.05, 0.1) is 5.92 Å². The molecule has 0 aromatic heterocycles. The first-order chi connectivity index (χ1) is 8.75. The summed E-state index contributed by atoms with van der Waals surface area (Å²) >= 11 is 3.59. The van der Waals surface area contributed by atoms with Gasteiger partial charge in [-0.25, -0.2) is 0 Å². The lowest BCUT2D eigenvalue weighted by molar-refractivity contribution is -0.135. The molecule has 1 amide bonds. The van der Waals surface area contributed by atoms with E-state index in [-0.39, 0.29) is 5.92 Å². The van der Waals surface area contributed by atoms with E-state index in [0.717, 1.165) is 39.0 Å². The number of hydrogen-bond donors (Lipinski definition) is 1. The first kappa shape index (κ1) is 12.2. The molecule has 2 heterocycles. The van der Waals surface area contributed by atoms with Crippen LogP contribution < -0.4 is 5.32 Å². The summed E-state index contributed by atoms with van der Waals surface area (Å²) in [6.45, 7) is 3.45. The second-order valence-corrected chi connectivity index (χ2v) is 5.93. The minimum atomic E-state index is 0.193. The molecular weight excluding hydrogens is 292 g/mol. The standard InChI is InChI=1S/C14H17BrN2O/c15-13-3-1-2-11-9-17(7-5-12(11)13)14(18)10-4-6-16-8-10/h1-3,10,16H,4-9H2. The third-order valence-corrected chi connectivity index (χ3v) is 4.67. The molecular formula is C14H17BrN2O. The van der Waals surface area contributed by atoms with Gasteiger partial charge in [0.15, 0.2) is 0 Å². The van der Waals surface area contributed by atoms with E-state index in [0.29, 0.717) is 5.91 Å². The van der Waals surface area contributed by atoms with Gasteiger partial charge in [0.25, 0.3) is 0 Å². The molecule has 0 saturated carbocycles. The Labute approximate surface area is 116 Å². The maximum atomic E-state index is 12.4. The van der Waals surface area contributed by atoms with Crippen molar-refractivity contribution in [2.24, 2.45) is 5.92 Å². The lowest BCUT2D eigenvalue weighted by atomic mass is 9.98. The van der Waals surface area contributed by atoms with E-state index in [9.17, 15) is 4.79 Å². The molecule has 1 aromatic rings. The molecule has 1 saturated heterocycles. The quantitative estimate of drug-likeness (QED) is 0.860. The van der Waals surface area contributed by atoms with E-state index >= 15 is 0 Å². The summed E-state index contributed by atoms with van der Waals surface area (Å²) in [6, 6.07) is 6.26. The summed E-state index contributed by atoms with van der Waals surface area (Å²) in [4.78, 5) is 14.4. The molecule has 0 aliphatic carbocycles. The topological polar surface area (TPSA) is 32.3 Å². The normalized spacial score (nSPS) is 22.9. The van der Waals surface area contributed by atoms with Crippen LogP contribution >= 0.6 is 15.9 Å². The minimum Gasteiger partial charge on any atom is -0.338 e. The molecule has 3 rings (SSSR count). The van der Waals surface area contributed by atoms with Crippen LogP contribution in [0.4, 0.5) is 0 Å². The number of hydrogen-bond acceptors (Lipinski definition) is 2. The Morgan fingerprint density at radius 3 is 3.11 bits per heavy atom. The first-order valence-electron chi connectivity index (χ1n) is 6.51. The van der Waals surface area contributed by atoms with Crippen molar-refractivity contribution in [1.82, 2.24) is 10.2 Å². The zero-order valence-corrected chi connectivity index (χ0v) is 11.9. The highest BCUT2D eigenvalue weighted by Gasteiger charge is 2.29. The fourth-order valence-electron chi connectivity index (χ4n) is 2.87. The van der Waals surface area contributed by atoms with Gasteiger partial charge >= 0.3 is 0 Å². The Morgan fingerprint density at radius 1 is 1.44 bits per heavy atom. The van der Waals surface area contributed by atoms with E-state index in [2.05, 4.69) is 33.4 Å². The molecule has 4 heteroatoms. The van der Waals surface area contributed by atoms with Gasteiger partial charge in [-0.15, -0.1) is 0 Å². The minimum absolute atomic E-state index is 0.193. The van der Waals surface area contributed by atoms with Crippen LogP contribution in [0, 0.1) is 5.92 Å². The molecule has 0 spiro atoms. The van der Waals surface area contributed by atoms with E-state index in [4.69, 9.17) is 0 Å². The molecule has 3 nitrogen and oxygen atoms in total. The van der Waals surface area contributed by atoms with Gasteiger partial charge in [-0.3, -0.25) is 4.79 Å². The van der Waals surface area contributed by atoms with Gasteiger partial charge < -0.3 is 10.2 Å². The SMILES string of the molecule is O=C(C1CCNC1)N1CCc2c(Br)cccc2C1. The number of amides is 1. The summed E-state index contributed by atoms with van der Waals surface area (Å²) in [6.07, 6.45) is 1.95. The predicted molar refractivity (Wildman–Crippen MR) is 74.2 cm³/mol. The van der Waals surface area contributed by atoms with Crippen molar-refractivity contribution in [1.29, 1.82) is 0 Å². The monoisotopic (exact) mass is 308 g/mol. The fourth-order valence-corrected chi connectivity index (χ4v) is 3.48. The molecule has 18 heavy (non-hydrogen) atoms. The third kappa shape index (κ3) is 2.19. The zero-order chi connectivity index (χ0) is 12.5. The molecule has 1 unspecified atom stereocenters. The second-order valence-electron chi connectivity index (χ2n) is 5.08. The summed E-state index contributed by atoms with van der Waals surface area (Å²) in [5, 5.41) is 3.27. The molecule has 96 valence electrons. The van der Waals surface area contributed by atoms with E-state index in [1.807, 2.05) is 11.0 Å². The fraction of sp³-hybridized carbons (Fsp3) is 0.500. The molecule has 1 N–H and O–H groups in total. The van der Waals surface area contributed by atoms with Crippen molar-refractivity contribution in [3.63, 3.8) is 0 Å². The summed E-state index contributed by atoms with van der Waals surface area (Å²) in [7, 11) is 0. The van der Waals surface area contributed by atoms with E-state index in [1.165, 1.54) is 15.6 Å². The van der Waals surface area contributed by atoms with E-state index < -0.39 is 0 Å². The zero-order valence-electron chi connectivity index (χ0n) is 10.3. The van der Waals surface area contributed by atoms with Crippen LogP contribution in [-0.4, -0.2) is 30.4 Å². The van der Waals surface area contributed by atoms with Crippen LogP contribution in [0.25, 0.3) is 0 Å². The molecule has 1 aromatic carbocycles. The second kappa shape index (κ2) is 5.02. The average molecular weight is 309 g/mol. The molecule has 2 aliphatic rings. The molecule has 0 radical (unpaired) electrons. The van der Waals surface area contributed by atoms with E-state index in [1.54, 1.807) is 0 Å². The lowest BCUT2D eigenvalue weighted by Gasteiger charge is -2.31. The number of benzene rings is 1. The largest absolute Gasteiger partial charge is 0.338 e. The molecule has 0 bridgehead atoms. The van der Waals surface area contributed by atoms with Crippen LogP contribution in [0.1, 0.15) is 17.5 Å². The molecule has 2 aliphatic heterocycles. The van der Waals surface area contributed by atoms with Crippen molar-refractivity contribution < 1.29 is 4.79 Å². The smallest absolute Gasteiger partial charge is 0.227 e. The maximum Gasteiger partial charge on any atom is 0.227 e. The number of fused-ring (bicyclic) bond motifs is 1. The number of carbonyl (C=O) groups is 1. The summed E-state index contributed by atoms with van der Waals surface area (Å²) < 4.78 is 1.18. The van der Waals surface area contributed by atoms with Crippen LogP contribution in [0.5, 0.6) is 0 Å². The first-order valence-corrected chi connectivity index (χ1v) is 7.31. The van der Waals surface area contributed by atoms with Crippen molar-refractivity contribution in [2.45, 2.75) is 19.4 Å². The van der Waals surface area contributed by atoms with Gasteiger partial charge in [0.2, 0.25) is 5.91 Å². The molecule has 1 atom stereocenters. The van der Waals surface area contributed by atoms with Gasteiger partial charge in [-0.05, 0) is 36.6 Å². The number of nitrogens with one attached hydrogen (secondary N) is 1. The number of halogens is 1. The van der Waals surface area contributed by atoms with Crippen LogP contribution in [-0.2, 0) is 17.8 Å². The maximum absolute atomic E-state index is 12.4. The van der Waals surface area contributed by atoms with Gasteiger partial charge in [-0.2, -0.15) is 0 Å². The highest BCUT2D eigenvalue weighted by Crippen LogP contribution is 2.27. The van der Waals surface area contributed by atoms with Crippen molar-refractivity contribution >= 4 is 21.8 Å². The Balaban J connectivity index is 1.76. The third-order valence-electron chi connectivity index (χ3n) is 3.93. The number of rotatable bonds is 1. The Kier molecular flexibility index (Phi) is 3.39. The van der Waals surface area contributed by atoms with Crippen molar-refractivity contribution in [3.05, 3.63) is 33.8 Å².